The molecule has 0 bridgehead atoms. The van der Waals surface area contributed by atoms with E-state index >= 15 is 0 Å². The number of rotatable bonds is 2. The van der Waals surface area contributed by atoms with Crippen LogP contribution in [0.2, 0.25) is 0 Å². The Hall–Kier alpha value is -1.50. The van der Waals surface area contributed by atoms with E-state index in [2.05, 4.69) is 63.9 Å². The average Bonchev–Trinajstić information content (AvgIpc) is 2.68. The minimum absolute atomic E-state index is 0.0720. The maximum Gasteiger partial charge on any atom is 0.140 e. The van der Waals surface area contributed by atoms with Gasteiger partial charge in [-0.15, -0.1) is 0 Å². The first-order valence-electron chi connectivity index (χ1n) is 11.2. The van der Waals surface area contributed by atoms with Gasteiger partial charge >= 0.3 is 0 Å². The van der Waals surface area contributed by atoms with Crippen LogP contribution in [-0.4, -0.2) is 42.4 Å². The molecule has 3 heteroatoms. The number of para-hydroxylation sites is 1. The molecule has 0 aliphatic carbocycles. The van der Waals surface area contributed by atoms with Crippen molar-refractivity contribution in [2.24, 2.45) is 5.92 Å². The monoisotopic (exact) mass is 382 g/mol. The van der Waals surface area contributed by atoms with Gasteiger partial charge in [0.15, 0.2) is 0 Å². The van der Waals surface area contributed by atoms with Gasteiger partial charge in [0, 0.05) is 11.5 Å². The summed E-state index contributed by atoms with van der Waals surface area (Å²) in [6, 6.07) is 8.40. The molecule has 2 saturated heterocycles. The molecular weight excluding hydrogens is 346 g/mol. The van der Waals surface area contributed by atoms with Gasteiger partial charge in [-0.2, -0.15) is 0 Å². The van der Waals surface area contributed by atoms with Crippen LogP contribution in [0, 0.1) is 17.8 Å². The van der Waals surface area contributed by atoms with Crippen molar-refractivity contribution in [3.05, 3.63) is 29.8 Å². The Morgan fingerprint density at radius 2 is 1.89 bits per heavy atom. The molecule has 152 valence electrons. The van der Waals surface area contributed by atoms with Gasteiger partial charge in [-0.1, -0.05) is 31.0 Å². The lowest BCUT2D eigenvalue weighted by Crippen LogP contribution is -2.52. The number of benzene rings is 1. The van der Waals surface area contributed by atoms with Gasteiger partial charge in [-0.25, -0.2) is 0 Å². The third-order valence-corrected chi connectivity index (χ3v) is 7.45. The second kappa shape index (κ2) is 7.39. The maximum absolute atomic E-state index is 6.76. The summed E-state index contributed by atoms with van der Waals surface area (Å²) in [7, 11) is 2.36. The maximum atomic E-state index is 6.76. The number of hydrogen-bond donors (Lipinski definition) is 0. The third-order valence-electron chi connectivity index (χ3n) is 7.45. The SMILES string of the molecule is CC[C@@]1(C)Oc2ccccc2[C@H]2O[C@](C)(C#CC[N+]3(C)CCCCC3)CC[C@H]21. The normalized spacial score (nSPS) is 36.3. The fourth-order valence-electron chi connectivity index (χ4n) is 5.32. The quantitative estimate of drug-likeness (QED) is 0.523. The number of piperidine rings is 1. The van der Waals surface area contributed by atoms with Gasteiger partial charge in [0.2, 0.25) is 0 Å². The Kier molecular flexibility index (Phi) is 5.23. The minimum Gasteiger partial charge on any atom is -0.487 e. The van der Waals surface area contributed by atoms with Crippen molar-refractivity contribution in [3.8, 4) is 17.6 Å². The summed E-state index contributed by atoms with van der Waals surface area (Å²) in [6.45, 7) is 10.1. The van der Waals surface area contributed by atoms with Crippen LogP contribution in [0.4, 0.5) is 0 Å². The number of quaternary nitrogens is 1. The first-order chi connectivity index (χ1) is 13.4. The van der Waals surface area contributed by atoms with Crippen LogP contribution in [0.15, 0.2) is 24.3 Å². The molecular formula is C25H36NO2+. The Morgan fingerprint density at radius 1 is 1.14 bits per heavy atom. The van der Waals surface area contributed by atoms with Gasteiger partial charge < -0.3 is 14.0 Å². The van der Waals surface area contributed by atoms with E-state index in [1.807, 2.05) is 0 Å². The molecule has 3 nitrogen and oxygen atoms in total. The van der Waals surface area contributed by atoms with Crippen LogP contribution in [0.3, 0.4) is 0 Å². The van der Waals surface area contributed by atoms with Gasteiger partial charge in [0.25, 0.3) is 0 Å². The smallest absolute Gasteiger partial charge is 0.140 e. The number of ether oxygens (including phenoxy) is 2. The summed E-state index contributed by atoms with van der Waals surface area (Å²) >= 11 is 0. The highest BCUT2D eigenvalue weighted by Gasteiger charge is 2.51. The van der Waals surface area contributed by atoms with Gasteiger partial charge in [0.1, 0.15) is 23.5 Å². The molecule has 0 spiro atoms. The highest BCUT2D eigenvalue weighted by molar-refractivity contribution is 5.39. The molecule has 3 heterocycles. The summed E-state index contributed by atoms with van der Waals surface area (Å²) < 4.78 is 14.3. The van der Waals surface area contributed by atoms with Gasteiger partial charge in [-0.05, 0) is 64.4 Å². The molecule has 0 unspecified atom stereocenters. The Balaban J connectivity index is 1.55. The van der Waals surface area contributed by atoms with E-state index in [9.17, 15) is 0 Å². The van der Waals surface area contributed by atoms with Gasteiger partial charge in [0.05, 0.1) is 26.2 Å². The summed E-state index contributed by atoms with van der Waals surface area (Å²) in [5.74, 6) is 8.44. The zero-order chi connectivity index (χ0) is 19.8. The Labute approximate surface area is 171 Å². The molecule has 3 aliphatic heterocycles. The van der Waals surface area contributed by atoms with E-state index in [1.54, 1.807) is 0 Å². The van der Waals surface area contributed by atoms with Crippen molar-refractivity contribution >= 4 is 0 Å². The first-order valence-corrected chi connectivity index (χ1v) is 11.2. The van der Waals surface area contributed by atoms with Crippen molar-refractivity contribution < 1.29 is 14.0 Å². The lowest BCUT2D eigenvalue weighted by molar-refractivity contribution is -0.907. The molecule has 4 atom stereocenters. The molecule has 4 rings (SSSR count). The number of nitrogens with zero attached hydrogens (tertiary/aromatic N) is 1. The standard InChI is InChI=1S/C25H36NO2/c1-5-25(3)21-14-16-24(2,15-11-19-26(4)17-9-6-10-18-26)28-23(21)20-12-7-8-13-22(20)27-25/h7-8,12-13,21,23H,5-6,9-10,14,16-19H2,1-4H3/q+1/t21-,23-,24-,25-/m1/s1. The predicted octanol–water partition coefficient (Wildman–Crippen LogP) is 5.11. The molecule has 28 heavy (non-hydrogen) atoms. The fraction of sp³-hybridized carbons (Fsp3) is 0.680. The number of likely N-dealkylation sites (tertiary alicyclic amines) is 1. The van der Waals surface area contributed by atoms with Crippen molar-refractivity contribution in [1.29, 1.82) is 0 Å². The largest absolute Gasteiger partial charge is 0.487 e. The third kappa shape index (κ3) is 3.70. The molecule has 1 aromatic rings. The molecule has 3 aliphatic rings. The Morgan fingerprint density at radius 3 is 2.64 bits per heavy atom. The van der Waals surface area contributed by atoms with Crippen LogP contribution < -0.4 is 4.74 Å². The van der Waals surface area contributed by atoms with Crippen molar-refractivity contribution in [2.45, 2.75) is 76.6 Å². The number of fused-ring (bicyclic) bond motifs is 3. The van der Waals surface area contributed by atoms with Crippen molar-refractivity contribution in [3.63, 3.8) is 0 Å². The first kappa shape index (κ1) is 19.8. The molecule has 0 saturated carbocycles. The summed E-state index contributed by atoms with van der Waals surface area (Å²) in [5, 5.41) is 0. The van der Waals surface area contributed by atoms with E-state index in [1.165, 1.54) is 37.9 Å². The molecule has 0 N–H and O–H groups in total. The Bertz CT molecular complexity index is 772. The molecule has 1 aromatic carbocycles. The van der Waals surface area contributed by atoms with E-state index < -0.39 is 0 Å². The van der Waals surface area contributed by atoms with E-state index in [0.717, 1.165) is 36.0 Å². The zero-order valence-corrected chi connectivity index (χ0v) is 18.1. The minimum atomic E-state index is -0.366. The van der Waals surface area contributed by atoms with Crippen LogP contribution in [-0.2, 0) is 4.74 Å². The summed E-state index contributed by atoms with van der Waals surface area (Å²) in [6.07, 6.45) is 7.19. The van der Waals surface area contributed by atoms with Crippen LogP contribution in [0.1, 0.15) is 71.0 Å². The van der Waals surface area contributed by atoms with Crippen molar-refractivity contribution in [2.75, 3.05) is 26.7 Å². The number of hydrogen-bond acceptors (Lipinski definition) is 2. The highest BCUT2D eigenvalue weighted by Crippen LogP contribution is 2.53. The highest BCUT2D eigenvalue weighted by atomic mass is 16.5. The predicted molar refractivity (Wildman–Crippen MR) is 113 cm³/mol. The topological polar surface area (TPSA) is 18.5 Å². The summed E-state index contributed by atoms with van der Waals surface area (Å²) in [4.78, 5) is 0. The lowest BCUT2D eigenvalue weighted by atomic mass is 9.71. The fourth-order valence-corrected chi connectivity index (χ4v) is 5.32. The molecule has 0 radical (unpaired) electrons. The van der Waals surface area contributed by atoms with Gasteiger partial charge in [-0.3, -0.25) is 0 Å². The van der Waals surface area contributed by atoms with Crippen LogP contribution >= 0.6 is 0 Å². The zero-order valence-electron chi connectivity index (χ0n) is 18.1. The second-order valence-corrected chi connectivity index (χ2v) is 9.81. The van der Waals surface area contributed by atoms with E-state index in [4.69, 9.17) is 9.47 Å². The van der Waals surface area contributed by atoms with E-state index in [0.29, 0.717) is 5.92 Å². The summed E-state index contributed by atoms with van der Waals surface area (Å²) in [5.41, 5.74) is 0.663. The second-order valence-electron chi connectivity index (χ2n) is 9.81. The van der Waals surface area contributed by atoms with Crippen LogP contribution in [0.25, 0.3) is 0 Å². The lowest BCUT2D eigenvalue weighted by Gasteiger charge is -2.51. The van der Waals surface area contributed by atoms with Crippen LogP contribution in [0.5, 0.6) is 5.75 Å². The van der Waals surface area contributed by atoms with E-state index in [-0.39, 0.29) is 17.3 Å². The molecule has 2 fully saturated rings. The average molecular weight is 383 g/mol. The molecule has 0 amide bonds. The molecule has 0 aromatic heterocycles. The van der Waals surface area contributed by atoms with Crippen molar-refractivity contribution in [1.82, 2.24) is 0 Å².